The first-order valence-electron chi connectivity index (χ1n) is 10.9. The van der Waals surface area contributed by atoms with E-state index in [2.05, 4.69) is 0 Å². The van der Waals surface area contributed by atoms with Crippen molar-refractivity contribution in [3.05, 3.63) is 64.1 Å². The van der Waals surface area contributed by atoms with Gasteiger partial charge in [0, 0.05) is 16.1 Å². The molecule has 5 rings (SSSR count). The normalized spacial score (nSPS) is 17.0. The molecular formula is C26H23Cl2NO3. The van der Waals surface area contributed by atoms with Crippen LogP contribution in [0.25, 0.3) is 22.4 Å². The maximum Gasteiger partial charge on any atom is 0.225 e. The van der Waals surface area contributed by atoms with E-state index in [1.807, 2.05) is 42.5 Å². The molecular weight excluding hydrogens is 445 g/mol. The lowest BCUT2D eigenvalue weighted by Crippen LogP contribution is -2.44. The number of nitrogens with zero attached hydrogens (tertiary/aromatic N) is 1. The summed E-state index contributed by atoms with van der Waals surface area (Å²) in [6.07, 6.45) is 5.50. The van der Waals surface area contributed by atoms with Gasteiger partial charge in [0.15, 0.2) is 5.78 Å². The first kappa shape index (κ1) is 21.3. The monoisotopic (exact) mass is 467 g/mol. The Morgan fingerprint density at radius 3 is 2.47 bits per heavy atom. The Bertz CT molecular complexity index is 1200. The molecule has 1 aliphatic carbocycles. The molecule has 0 unspecified atom stereocenters. The van der Waals surface area contributed by atoms with Crippen LogP contribution in [0.1, 0.15) is 48.9 Å². The van der Waals surface area contributed by atoms with Crippen LogP contribution in [0.4, 0.5) is 0 Å². The molecule has 1 spiro atoms. The first-order chi connectivity index (χ1) is 15.5. The molecule has 1 aromatic heterocycles. The quantitative estimate of drug-likeness (QED) is 0.402. The Kier molecular flexibility index (Phi) is 5.60. The van der Waals surface area contributed by atoms with E-state index in [-0.39, 0.29) is 5.78 Å². The van der Waals surface area contributed by atoms with E-state index in [1.165, 1.54) is 6.42 Å². The lowest BCUT2D eigenvalue weighted by atomic mass is 9.78. The number of ether oxygens (including phenoxy) is 2. The smallest absolute Gasteiger partial charge is 0.225 e. The molecule has 0 N–H and O–H groups in total. The van der Waals surface area contributed by atoms with Gasteiger partial charge in [-0.25, -0.2) is 4.98 Å². The van der Waals surface area contributed by atoms with Crippen molar-refractivity contribution in [2.75, 3.05) is 7.11 Å². The van der Waals surface area contributed by atoms with Crippen molar-refractivity contribution in [2.24, 2.45) is 0 Å². The van der Waals surface area contributed by atoms with E-state index in [4.69, 9.17) is 37.7 Å². The molecule has 6 heteroatoms. The van der Waals surface area contributed by atoms with Gasteiger partial charge in [0.1, 0.15) is 11.4 Å². The molecule has 2 aromatic carbocycles. The molecule has 2 heterocycles. The number of benzene rings is 2. The number of hydrogen-bond acceptors (Lipinski definition) is 4. The number of methoxy groups -OCH3 is 1. The van der Waals surface area contributed by atoms with Crippen molar-refractivity contribution >= 4 is 29.0 Å². The fourth-order valence-corrected chi connectivity index (χ4v) is 5.20. The van der Waals surface area contributed by atoms with Crippen LogP contribution in [-0.2, 0) is 0 Å². The molecule has 0 saturated heterocycles. The number of Topliss-reactive ketones (excluding diaryl/α,β-unsaturated/α-hetero) is 1. The van der Waals surface area contributed by atoms with Gasteiger partial charge in [-0.15, -0.1) is 0 Å². The van der Waals surface area contributed by atoms with Gasteiger partial charge in [0.2, 0.25) is 5.88 Å². The van der Waals surface area contributed by atoms with Crippen molar-refractivity contribution in [1.29, 1.82) is 0 Å². The minimum atomic E-state index is -0.432. The second-order valence-electron chi connectivity index (χ2n) is 8.51. The summed E-state index contributed by atoms with van der Waals surface area (Å²) in [6, 6.07) is 15.0. The van der Waals surface area contributed by atoms with Crippen LogP contribution >= 0.6 is 23.2 Å². The first-order valence-corrected chi connectivity index (χ1v) is 11.6. The Morgan fingerprint density at radius 1 is 0.938 bits per heavy atom. The Labute approximate surface area is 197 Å². The van der Waals surface area contributed by atoms with E-state index in [0.29, 0.717) is 39.4 Å². The van der Waals surface area contributed by atoms with E-state index in [1.54, 1.807) is 13.2 Å². The lowest BCUT2D eigenvalue weighted by Gasteiger charge is -2.40. The van der Waals surface area contributed by atoms with Crippen molar-refractivity contribution < 1.29 is 14.3 Å². The van der Waals surface area contributed by atoms with Crippen LogP contribution in [0, 0.1) is 0 Å². The van der Waals surface area contributed by atoms with Crippen LogP contribution in [-0.4, -0.2) is 23.5 Å². The summed E-state index contributed by atoms with van der Waals surface area (Å²) >= 11 is 12.8. The highest BCUT2D eigenvalue weighted by Gasteiger charge is 2.42. The summed E-state index contributed by atoms with van der Waals surface area (Å²) in [7, 11) is 1.58. The largest absolute Gasteiger partial charge is 0.495 e. The molecule has 32 heavy (non-hydrogen) atoms. The molecule has 0 atom stereocenters. The van der Waals surface area contributed by atoms with Gasteiger partial charge in [-0.05, 0) is 55.5 Å². The van der Waals surface area contributed by atoms with Crippen molar-refractivity contribution in [2.45, 2.75) is 44.1 Å². The number of fused-ring (bicyclic) bond motifs is 1. The highest BCUT2D eigenvalue weighted by atomic mass is 35.5. The highest BCUT2D eigenvalue weighted by molar-refractivity contribution is 6.33. The molecule has 0 radical (unpaired) electrons. The molecule has 1 aliphatic heterocycles. The number of hydrogen-bond donors (Lipinski definition) is 0. The molecule has 164 valence electrons. The maximum atomic E-state index is 13.2. The molecule has 2 aliphatic rings. The molecule has 1 saturated carbocycles. The second-order valence-corrected chi connectivity index (χ2v) is 9.33. The number of halogens is 2. The molecule has 1 fully saturated rings. The third-order valence-electron chi connectivity index (χ3n) is 6.44. The number of carbonyl (C=O) groups is 1. The fraction of sp³-hybridized carbons (Fsp3) is 0.308. The van der Waals surface area contributed by atoms with E-state index < -0.39 is 5.60 Å². The summed E-state index contributed by atoms with van der Waals surface area (Å²) in [6.45, 7) is 0. The zero-order valence-electron chi connectivity index (χ0n) is 17.8. The zero-order valence-corrected chi connectivity index (χ0v) is 19.3. The predicted octanol–water partition coefficient (Wildman–Crippen LogP) is 7.40. The number of pyridine rings is 1. The van der Waals surface area contributed by atoms with Crippen LogP contribution in [0.15, 0.2) is 48.5 Å². The average molecular weight is 468 g/mol. The van der Waals surface area contributed by atoms with Gasteiger partial charge in [0.25, 0.3) is 0 Å². The minimum absolute atomic E-state index is 0.0773. The summed E-state index contributed by atoms with van der Waals surface area (Å²) in [5, 5.41) is 1.09. The molecule has 0 amide bonds. The van der Waals surface area contributed by atoms with E-state index in [0.717, 1.165) is 42.4 Å². The van der Waals surface area contributed by atoms with Crippen molar-refractivity contribution in [3.8, 4) is 34.0 Å². The number of aromatic nitrogens is 1. The number of ketones is 1. The lowest BCUT2D eigenvalue weighted by molar-refractivity contribution is 0.00996. The zero-order chi connectivity index (χ0) is 22.3. The Morgan fingerprint density at radius 2 is 1.72 bits per heavy atom. The van der Waals surface area contributed by atoms with E-state index >= 15 is 0 Å². The topological polar surface area (TPSA) is 48.4 Å². The van der Waals surface area contributed by atoms with Crippen LogP contribution < -0.4 is 9.47 Å². The number of rotatable bonds is 3. The Hall–Kier alpha value is -2.56. The summed E-state index contributed by atoms with van der Waals surface area (Å²) in [5.41, 5.74) is 3.14. The van der Waals surface area contributed by atoms with Gasteiger partial charge in [0.05, 0.1) is 29.8 Å². The van der Waals surface area contributed by atoms with Crippen LogP contribution in [0.3, 0.4) is 0 Å². The van der Waals surface area contributed by atoms with Gasteiger partial charge >= 0.3 is 0 Å². The molecule has 0 bridgehead atoms. The summed E-state index contributed by atoms with van der Waals surface area (Å²) in [4.78, 5) is 18.1. The van der Waals surface area contributed by atoms with Gasteiger partial charge < -0.3 is 9.47 Å². The summed E-state index contributed by atoms with van der Waals surface area (Å²) in [5.74, 6) is 1.03. The van der Waals surface area contributed by atoms with Gasteiger partial charge in [-0.3, -0.25) is 4.79 Å². The molecule has 4 nitrogen and oxygen atoms in total. The number of carbonyl (C=O) groups excluding carboxylic acids is 1. The van der Waals surface area contributed by atoms with Crippen molar-refractivity contribution in [1.82, 2.24) is 4.98 Å². The second kappa shape index (κ2) is 8.42. The average Bonchev–Trinajstić information content (AvgIpc) is 2.79. The standard InChI is InChI=1S/C26H23Cl2NO3/c1-31-23-13-16(9-10-21(23)28)18-14-19-22(30)15-26(11-5-2-6-12-26)32-25(19)29-24(18)17-7-3-4-8-20(17)27/h3-4,7-10,13-14H,2,5-6,11-12,15H2,1H3. The van der Waals surface area contributed by atoms with Crippen molar-refractivity contribution in [3.63, 3.8) is 0 Å². The maximum absolute atomic E-state index is 13.2. The predicted molar refractivity (Wildman–Crippen MR) is 127 cm³/mol. The minimum Gasteiger partial charge on any atom is -0.495 e. The van der Waals surface area contributed by atoms with Crippen LogP contribution in [0.2, 0.25) is 10.0 Å². The third kappa shape index (κ3) is 3.76. The van der Waals surface area contributed by atoms with Gasteiger partial charge in [-0.1, -0.05) is 53.9 Å². The highest BCUT2D eigenvalue weighted by Crippen LogP contribution is 2.45. The molecule has 3 aromatic rings. The fourth-order valence-electron chi connectivity index (χ4n) is 4.78. The summed E-state index contributed by atoms with van der Waals surface area (Å²) < 4.78 is 11.9. The van der Waals surface area contributed by atoms with Crippen LogP contribution in [0.5, 0.6) is 11.6 Å². The van der Waals surface area contributed by atoms with E-state index in [9.17, 15) is 4.79 Å². The van der Waals surface area contributed by atoms with Gasteiger partial charge in [-0.2, -0.15) is 0 Å². The Balaban J connectivity index is 1.71. The SMILES string of the molecule is COc1cc(-c2cc3c(nc2-c2ccccc2Cl)OC2(CCCCC2)CC3=O)ccc1Cl. The third-order valence-corrected chi connectivity index (χ3v) is 7.08.